The van der Waals surface area contributed by atoms with Crippen LogP contribution in [0, 0.1) is 17.3 Å². The van der Waals surface area contributed by atoms with Crippen LogP contribution in [0.25, 0.3) is 0 Å². The highest BCUT2D eigenvalue weighted by Gasteiger charge is 2.34. The van der Waals surface area contributed by atoms with Gasteiger partial charge in [0.2, 0.25) is 10.0 Å². The Hall–Kier alpha value is -2.10. The Bertz CT molecular complexity index is 1160. The van der Waals surface area contributed by atoms with Gasteiger partial charge >= 0.3 is 0 Å². The molecule has 1 aromatic carbocycles. The second-order valence-electron chi connectivity index (χ2n) is 9.99. The molecule has 2 aliphatic rings. The van der Waals surface area contributed by atoms with Crippen LogP contribution in [0.1, 0.15) is 66.3 Å². The second kappa shape index (κ2) is 8.35. The lowest BCUT2D eigenvalue weighted by Crippen LogP contribution is -2.42. The number of anilines is 1. The number of nitrogens with one attached hydrogen (secondary N) is 1. The van der Waals surface area contributed by atoms with Crippen LogP contribution < -0.4 is 5.32 Å². The molecular weight excluding hydrogens is 446 g/mol. The fourth-order valence-electron chi connectivity index (χ4n) is 4.69. The number of rotatable bonds is 4. The van der Waals surface area contributed by atoms with Crippen molar-refractivity contribution in [3.63, 3.8) is 0 Å². The number of fused-ring (bicyclic) bond motifs is 1. The lowest BCUT2D eigenvalue weighted by molar-refractivity contribution is 0.0915. The van der Waals surface area contributed by atoms with Gasteiger partial charge in [-0.2, -0.15) is 4.31 Å². The number of thiazole rings is 1. The standard InChI is InChI=1S/C23H29N3O4S2/c1-14-8-15(2)13-26(12-14)32(29,30)17-7-5-6-16(9-17)21(28)25-22-24-18-10-23(3,4)11-19(27)20(18)31-22/h5-7,9,14-15H,8,10-13H2,1-4H3,(H,24,25,28)/t14-,15-/m1/s1. The topological polar surface area (TPSA) is 96.4 Å². The van der Waals surface area contributed by atoms with Crippen LogP contribution in [0.15, 0.2) is 29.2 Å². The van der Waals surface area contributed by atoms with Crippen molar-refractivity contribution in [1.82, 2.24) is 9.29 Å². The summed E-state index contributed by atoms with van der Waals surface area (Å²) >= 11 is 1.18. The molecule has 172 valence electrons. The number of nitrogens with zero attached hydrogens (tertiary/aromatic N) is 2. The molecule has 32 heavy (non-hydrogen) atoms. The number of hydrogen-bond acceptors (Lipinski definition) is 6. The molecule has 0 radical (unpaired) electrons. The third kappa shape index (κ3) is 4.65. The minimum Gasteiger partial charge on any atom is -0.298 e. The van der Waals surface area contributed by atoms with Gasteiger partial charge in [0.1, 0.15) is 0 Å². The summed E-state index contributed by atoms with van der Waals surface area (Å²) in [6, 6.07) is 6.10. The number of ketones is 1. The molecule has 1 fully saturated rings. The molecule has 4 rings (SSSR count). The van der Waals surface area contributed by atoms with E-state index in [1.807, 2.05) is 13.8 Å². The zero-order valence-electron chi connectivity index (χ0n) is 18.8. The average Bonchev–Trinajstić information content (AvgIpc) is 3.08. The number of benzene rings is 1. The SMILES string of the molecule is C[C@@H]1C[C@@H](C)CN(S(=O)(=O)c2cccc(C(=O)Nc3nc4c(s3)C(=O)CC(C)(C)C4)c2)C1. The molecular formula is C23H29N3O4S2. The van der Waals surface area contributed by atoms with Crippen molar-refractivity contribution < 1.29 is 18.0 Å². The smallest absolute Gasteiger partial charge is 0.257 e. The fraction of sp³-hybridized carbons (Fsp3) is 0.522. The van der Waals surface area contributed by atoms with Gasteiger partial charge in [0.05, 0.1) is 15.5 Å². The zero-order valence-corrected chi connectivity index (χ0v) is 20.5. The van der Waals surface area contributed by atoms with Crippen LogP contribution in [0.5, 0.6) is 0 Å². The first kappa shape index (κ1) is 23.1. The van der Waals surface area contributed by atoms with Crippen molar-refractivity contribution in [3.8, 4) is 0 Å². The second-order valence-corrected chi connectivity index (χ2v) is 12.9. The van der Waals surface area contributed by atoms with Gasteiger partial charge in [0, 0.05) is 25.1 Å². The summed E-state index contributed by atoms with van der Waals surface area (Å²) in [4.78, 5) is 30.4. The quantitative estimate of drug-likeness (QED) is 0.714. The zero-order chi connectivity index (χ0) is 23.3. The highest BCUT2D eigenvalue weighted by atomic mass is 32.2. The van der Waals surface area contributed by atoms with E-state index in [1.54, 1.807) is 12.1 Å². The van der Waals surface area contributed by atoms with Crippen molar-refractivity contribution in [3.05, 3.63) is 40.4 Å². The van der Waals surface area contributed by atoms with Gasteiger partial charge in [0.25, 0.3) is 5.91 Å². The summed E-state index contributed by atoms with van der Waals surface area (Å²) in [5.74, 6) is 0.194. The fourth-order valence-corrected chi connectivity index (χ4v) is 7.33. The number of aromatic nitrogens is 1. The van der Waals surface area contributed by atoms with Gasteiger partial charge in [-0.15, -0.1) is 0 Å². The number of Topliss-reactive ketones (excluding diaryl/α,β-unsaturated/α-hetero) is 1. The summed E-state index contributed by atoms with van der Waals surface area (Å²) in [6.45, 7) is 9.14. The van der Waals surface area contributed by atoms with Crippen LogP contribution in [0.3, 0.4) is 0 Å². The Balaban J connectivity index is 1.54. The lowest BCUT2D eigenvalue weighted by atomic mass is 9.78. The molecule has 2 atom stereocenters. The van der Waals surface area contributed by atoms with Crippen LogP contribution in [-0.2, 0) is 16.4 Å². The summed E-state index contributed by atoms with van der Waals surface area (Å²) in [5, 5.41) is 3.10. The van der Waals surface area contributed by atoms with Gasteiger partial charge in [0.15, 0.2) is 10.9 Å². The maximum Gasteiger partial charge on any atom is 0.257 e. The van der Waals surface area contributed by atoms with E-state index in [-0.39, 0.29) is 21.7 Å². The van der Waals surface area contributed by atoms with E-state index < -0.39 is 15.9 Å². The van der Waals surface area contributed by atoms with Crippen LogP contribution in [0.4, 0.5) is 5.13 Å². The minimum atomic E-state index is -3.68. The summed E-state index contributed by atoms with van der Waals surface area (Å²) in [5.41, 5.74) is 0.811. The van der Waals surface area contributed by atoms with Gasteiger partial charge in [-0.1, -0.05) is 45.1 Å². The van der Waals surface area contributed by atoms with Crippen LogP contribution >= 0.6 is 11.3 Å². The Kier molecular flexibility index (Phi) is 6.02. The molecule has 2 aromatic rings. The predicted molar refractivity (Wildman–Crippen MR) is 125 cm³/mol. The first-order chi connectivity index (χ1) is 14.9. The van der Waals surface area contributed by atoms with Crippen molar-refractivity contribution in [1.29, 1.82) is 0 Å². The normalized spacial score (nSPS) is 23.6. The third-order valence-corrected chi connectivity index (χ3v) is 8.91. The number of sulfonamides is 1. The third-order valence-electron chi connectivity index (χ3n) is 6.03. The first-order valence-corrected chi connectivity index (χ1v) is 13.1. The summed E-state index contributed by atoms with van der Waals surface area (Å²) < 4.78 is 27.9. The van der Waals surface area contributed by atoms with Crippen molar-refractivity contribution in [2.45, 2.75) is 51.9 Å². The number of piperidine rings is 1. The molecule has 0 bridgehead atoms. The molecule has 1 amide bonds. The average molecular weight is 476 g/mol. The first-order valence-electron chi connectivity index (χ1n) is 10.9. The molecule has 7 nitrogen and oxygen atoms in total. The molecule has 1 aliphatic heterocycles. The Morgan fingerprint density at radius 2 is 1.88 bits per heavy atom. The Morgan fingerprint density at radius 3 is 2.56 bits per heavy atom. The molecule has 1 aromatic heterocycles. The maximum absolute atomic E-state index is 13.2. The van der Waals surface area contributed by atoms with E-state index in [0.717, 1.165) is 12.1 Å². The molecule has 1 saturated heterocycles. The molecule has 0 unspecified atom stereocenters. The highest BCUT2D eigenvalue weighted by molar-refractivity contribution is 7.89. The summed E-state index contributed by atoms with van der Waals surface area (Å²) in [6.07, 6.45) is 2.15. The predicted octanol–water partition coefficient (Wildman–Crippen LogP) is 4.22. The minimum absolute atomic E-state index is 0.0485. The van der Waals surface area contributed by atoms with Gasteiger partial charge in [-0.3, -0.25) is 14.9 Å². The van der Waals surface area contributed by atoms with E-state index in [2.05, 4.69) is 24.1 Å². The number of hydrogen-bond donors (Lipinski definition) is 1. The lowest BCUT2D eigenvalue weighted by Gasteiger charge is -2.34. The van der Waals surface area contributed by atoms with E-state index >= 15 is 0 Å². The Labute approximate surface area is 193 Å². The van der Waals surface area contributed by atoms with E-state index in [4.69, 9.17) is 0 Å². The number of carbonyl (C=O) groups excluding carboxylic acids is 2. The molecule has 1 N–H and O–H groups in total. The van der Waals surface area contributed by atoms with E-state index in [9.17, 15) is 18.0 Å². The van der Waals surface area contributed by atoms with Crippen LogP contribution in [-0.4, -0.2) is 42.5 Å². The van der Waals surface area contributed by atoms with Gasteiger partial charge in [-0.05, 0) is 48.3 Å². The number of carbonyl (C=O) groups is 2. The Morgan fingerprint density at radius 1 is 1.19 bits per heavy atom. The molecule has 0 saturated carbocycles. The molecule has 9 heteroatoms. The van der Waals surface area contributed by atoms with Crippen molar-refractivity contribution in [2.75, 3.05) is 18.4 Å². The number of amides is 1. The van der Waals surface area contributed by atoms with E-state index in [1.165, 1.54) is 27.8 Å². The van der Waals surface area contributed by atoms with Crippen molar-refractivity contribution >= 4 is 38.2 Å². The summed E-state index contributed by atoms with van der Waals surface area (Å²) in [7, 11) is -3.68. The van der Waals surface area contributed by atoms with Crippen molar-refractivity contribution in [2.24, 2.45) is 17.3 Å². The monoisotopic (exact) mass is 475 g/mol. The maximum atomic E-state index is 13.2. The highest BCUT2D eigenvalue weighted by Crippen LogP contribution is 2.38. The largest absolute Gasteiger partial charge is 0.298 e. The molecule has 0 spiro atoms. The van der Waals surface area contributed by atoms with Gasteiger partial charge < -0.3 is 0 Å². The molecule has 1 aliphatic carbocycles. The van der Waals surface area contributed by atoms with Crippen LogP contribution in [0.2, 0.25) is 0 Å². The van der Waals surface area contributed by atoms with E-state index in [0.29, 0.717) is 47.8 Å². The molecule has 2 heterocycles. The van der Waals surface area contributed by atoms with Gasteiger partial charge in [-0.25, -0.2) is 13.4 Å².